The van der Waals surface area contributed by atoms with Crippen LogP contribution in [0.2, 0.25) is 0 Å². The maximum absolute atomic E-state index is 11.1. The van der Waals surface area contributed by atoms with Crippen molar-refractivity contribution >= 4 is 23.9 Å². The topological polar surface area (TPSA) is 149 Å². The molecule has 0 heterocycles. The molecule has 0 aromatic carbocycles. The highest BCUT2D eigenvalue weighted by atomic mass is 16.4. The third-order valence-corrected chi connectivity index (χ3v) is 3.69. The van der Waals surface area contributed by atoms with Crippen LogP contribution in [0.3, 0.4) is 0 Å². The Morgan fingerprint density at radius 2 is 0.870 bits per heavy atom. The second kappa shape index (κ2) is 11.4. The molecular weight excluding hydrogens is 308 g/mol. The van der Waals surface area contributed by atoms with Crippen LogP contribution in [0.4, 0.5) is 0 Å². The molecule has 0 bridgehead atoms. The Bertz CT molecular complexity index is 380. The lowest BCUT2D eigenvalue weighted by Gasteiger charge is -2.14. The van der Waals surface area contributed by atoms with Crippen LogP contribution in [-0.4, -0.2) is 44.3 Å². The zero-order valence-corrected chi connectivity index (χ0v) is 12.9. The molecule has 2 unspecified atom stereocenters. The van der Waals surface area contributed by atoms with E-state index in [-0.39, 0.29) is 51.4 Å². The number of carboxylic acid groups (broad SMARTS) is 4. The lowest BCUT2D eigenvalue weighted by molar-refractivity contribution is -0.144. The van der Waals surface area contributed by atoms with Crippen molar-refractivity contribution < 1.29 is 39.6 Å². The first-order chi connectivity index (χ1) is 10.7. The molecule has 0 aliphatic rings. The average Bonchev–Trinajstić information content (AvgIpc) is 2.42. The summed E-state index contributed by atoms with van der Waals surface area (Å²) in [5.41, 5.74) is 0. The van der Waals surface area contributed by atoms with Gasteiger partial charge in [-0.25, -0.2) is 0 Å². The highest BCUT2D eigenvalue weighted by molar-refractivity contribution is 5.71. The maximum Gasteiger partial charge on any atom is 0.306 e. The van der Waals surface area contributed by atoms with Gasteiger partial charge in [0.2, 0.25) is 0 Å². The van der Waals surface area contributed by atoms with Gasteiger partial charge in [0.05, 0.1) is 11.8 Å². The molecular formula is C15H24O8. The van der Waals surface area contributed by atoms with Crippen LogP contribution in [0.15, 0.2) is 0 Å². The monoisotopic (exact) mass is 332 g/mol. The van der Waals surface area contributed by atoms with Crippen molar-refractivity contribution in [1.29, 1.82) is 0 Å². The van der Waals surface area contributed by atoms with E-state index in [1.807, 2.05) is 0 Å². The van der Waals surface area contributed by atoms with E-state index in [0.29, 0.717) is 6.42 Å². The van der Waals surface area contributed by atoms with Gasteiger partial charge in [0.25, 0.3) is 0 Å². The quantitative estimate of drug-likeness (QED) is 0.377. The SMILES string of the molecule is O=C(O)CCCC(CCCC(CCCC(=O)O)C(=O)O)C(=O)O. The molecule has 0 saturated heterocycles. The molecule has 0 rings (SSSR count). The van der Waals surface area contributed by atoms with Gasteiger partial charge >= 0.3 is 23.9 Å². The van der Waals surface area contributed by atoms with Gasteiger partial charge in [0, 0.05) is 12.8 Å². The molecule has 0 radical (unpaired) electrons. The van der Waals surface area contributed by atoms with Gasteiger partial charge < -0.3 is 20.4 Å². The number of rotatable bonds is 14. The second-order valence-electron chi connectivity index (χ2n) is 5.57. The zero-order chi connectivity index (χ0) is 17.8. The van der Waals surface area contributed by atoms with Gasteiger partial charge in [-0.05, 0) is 38.5 Å². The number of carbonyl (C=O) groups is 4. The molecule has 4 N–H and O–H groups in total. The van der Waals surface area contributed by atoms with E-state index in [4.69, 9.17) is 20.4 Å². The summed E-state index contributed by atoms with van der Waals surface area (Å²) in [6.07, 6.45) is 1.84. The van der Waals surface area contributed by atoms with Crippen LogP contribution in [0.5, 0.6) is 0 Å². The lowest BCUT2D eigenvalue weighted by Crippen LogP contribution is -2.17. The lowest BCUT2D eigenvalue weighted by atomic mass is 9.91. The van der Waals surface area contributed by atoms with E-state index in [9.17, 15) is 19.2 Å². The fourth-order valence-electron chi connectivity index (χ4n) is 2.39. The third kappa shape index (κ3) is 11.1. The minimum atomic E-state index is -1.01. The summed E-state index contributed by atoms with van der Waals surface area (Å²) >= 11 is 0. The summed E-state index contributed by atoms with van der Waals surface area (Å²) in [6, 6.07) is 0. The summed E-state index contributed by atoms with van der Waals surface area (Å²) in [4.78, 5) is 43.1. The predicted molar refractivity (Wildman–Crippen MR) is 79.1 cm³/mol. The molecule has 0 aromatic rings. The molecule has 23 heavy (non-hydrogen) atoms. The largest absolute Gasteiger partial charge is 0.481 e. The van der Waals surface area contributed by atoms with E-state index >= 15 is 0 Å². The van der Waals surface area contributed by atoms with Crippen LogP contribution < -0.4 is 0 Å². The average molecular weight is 332 g/mol. The minimum Gasteiger partial charge on any atom is -0.481 e. The smallest absolute Gasteiger partial charge is 0.306 e. The first kappa shape index (κ1) is 20.9. The molecule has 0 fully saturated rings. The predicted octanol–water partition coefficient (Wildman–Crippen LogP) is 2.07. The molecule has 0 spiro atoms. The number of aliphatic carboxylic acids is 4. The van der Waals surface area contributed by atoms with E-state index < -0.39 is 35.7 Å². The molecule has 0 amide bonds. The van der Waals surface area contributed by atoms with Gasteiger partial charge in [0.1, 0.15) is 0 Å². The van der Waals surface area contributed by atoms with Crippen LogP contribution in [0.25, 0.3) is 0 Å². The van der Waals surface area contributed by atoms with E-state index in [1.165, 1.54) is 0 Å². The van der Waals surface area contributed by atoms with Crippen molar-refractivity contribution in [2.24, 2.45) is 11.8 Å². The Morgan fingerprint density at radius 1 is 0.565 bits per heavy atom. The Labute approximate surface area is 134 Å². The van der Waals surface area contributed by atoms with Gasteiger partial charge in [-0.3, -0.25) is 19.2 Å². The zero-order valence-electron chi connectivity index (χ0n) is 12.9. The Hall–Kier alpha value is -2.12. The molecule has 2 atom stereocenters. The van der Waals surface area contributed by atoms with Crippen molar-refractivity contribution in [2.75, 3.05) is 0 Å². The summed E-state index contributed by atoms with van der Waals surface area (Å²) in [5.74, 6) is -5.32. The van der Waals surface area contributed by atoms with E-state index in [1.54, 1.807) is 0 Å². The number of hydrogen-bond acceptors (Lipinski definition) is 4. The molecule has 0 aromatic heterocycles. The first-order valence-corrected chi connectivity index (χ1v) is 7.63. The van der Waals surface area contributed by atoms with E-state index in [2.05, 4.69) is 0 Å². The van der Waals surface area contributed by atoms with Crippen LogP contribution in [0, 0.1) is 11.8 Å². The van der Waals surface area contributed by atoms with Gasteiger partial charge in [-0.2, -0.15) is 0 Å². The highest BCUT2D eigenvalue weighted by Gasteiger charge is 2.21. The van der Waals surface area contributed by atoms with Crippen LogP contribution in [0.1, 0.15) is 57.8 Å². The number of hydrogen-bond donors (Lipinski definition) is 4. The fourth-order valence-corrected chi connectivity index (χ4v) is 2.39. The van der Waals surface area contributed by atoms with Crippen molar-refractivity contribution in [2.45, 2.75) is 57.8 Å². The second-order valence-corrected chi connectivity index (χ2v) is 5.57. The normalized spacial score (nSPS) is 13.2. The third-order valence-electron chi connectivity index (χ3n) is 3.69. The maximum atomic E-state index is 11.1. The molecule has 8 nitrogen and oxygen atoms in total. The Balaban J connectivity index is 4.19. The summed E-state index contributed by atoms with van der Waals surface area (Å²) in [6.45, 7) is 0. The molecule has 0 aliphatic heterocycles. The van der Waals surface area contributed by atoms with Gasteiger partial charge in [-0.15, -0.1) is 0 Å². The summed E-state index contributed by atoms with van der Waals surface area (Å²) in [7, 11) is 0. The first-order valence-electron chi connectivity index (χ1n) is 7.63. The fraction of sp³-hybridized carbons (Fsp3) is 0.733. The van der Waals surface area contributed by atoms with Crippen molar-refractivity contribution in [3.05, 3.63) is 0 Å². The molecule has 0 saturated carbocycles. The van der Waals surface area contributed by atoms with Gasteiger partial charge in [-0.1, -0.05) is 6.42 Å². The standard InChI is InChI=1S/C15H24O8/c16-12(17)8-2-6-10(14(20)21)4-1-5-11(15(22)23)7-3-9-13(18)19/h10-11H,1-9H2,(H,16,17)(H,18,19)(H,20,21)(H,22,23). The molecule has 132 valence electrons. The van der Waals surface area contributed by atoms with Crippen molar-refractivity contribution in [3.63, 3.8) is 0 Å². The van der Waals surface area contributed by atoms with Crippen LogP contribution >= 0.6 is 0 Å². The summed E-state index contributed by atoms with van der Waals surface area (Å²) in [5, 5.41) is 35.3. The van der Waals surface area contributed by atoms with Crippen molar-refractivity contribution in [1.82, 2.24) is 0 Å². The number of carboxylic acids is 4. The molecule has 0 aliphatic carbocycles. The summed E-state index contributed by atoms with van der Waals surface area (Å²) < 4.78 is 0. The molecule has 8 heteroatoms. The van der Waals surface area contributed by atoms with E-state index in [0.717, 1.165) is 0 Å². The minimum absolute atomic E-state index is 0.0866. The van der Waals surface area contributed by atoms with Gasteiger partial charge in [0.15, 0.2) is 0 Å². The van der Waals surface area contributed by atoms with Crippen molar-refractivity contribution in [3.8, 4) is 0 Å². The van der Waals surface area contributed by atoms with Crippen LogP contribution in [-0.2, 0) is 19.2 Å². The Morgan fingerprint density at radius 3 is 1.13 bits per heavy atom. The Kier molecular flexibility index (Phi) is 10.4. The highest BCUT2D eigenvalue weighted by Crippen LogP contribution is 2.21.